The van der Waals surface area contributed by atoms with E-state index in [0.29, 0.717) is 15.3 Å². The lowest BCUT2D eigenvalue weighted by atomic mass is 10.1. The second-order valence-corrected chi connectivity index (χ2v) is 8.00. The largest absolute Gasteiger partial charge is 0.478 e. The van der Waals surface area contributed by atoms with Gasteiger partial charge in [-0.05, 0) is 43.2 Å². The van der Waals surface area contributed by atoms with Gasteiger partial charge in [0.25, 0.3) is 5.91 Å². The summed E-state index contributed by atoms with van der Waals surface area (Å²) in [5, 5.41) is 13.2. The van der Waals surface area contributed by atoms with Crippen LogP contribution in [0, 0.1) is 0 Å². The van der Waals surface area contributed by atoms with E-state index in [-0.39, 0.29) is 11.3 Å². The smallest absolute Gasteiger partial charge is 0.337 e. The van der Waals surface area contributed by atoms with Crippen LogP contribution in [0.15, 0.2) is 46.0 Å². The Morgan fingerprint density at radius 1 is 1.23 bits per heavy atom. The van der Waals surface area contributed by atoms with Gasteiger partial charge in [-0.3, -0.25) is 4.79 Å². The molecule has 1 amide bonds. The van der Waals surface area contributed by atoms with Crippen molar-refractivity contribution < 1.29 is 19.4 Å². The Bertz CT molecular complexity index is 807. The van der Waals surface area contributed by atoms with Gasteiger partial charge >= 0.3 is 5.97 Å². The highest BCUT2D eigenvalue weighted by atomic mass is 79.9. The first-order valence-electron chi connectivity index (χ1n) is 8.07. The summed E-state index contributed by atoms with van der Waals surface area (Å²) in [7, 11) is 0. The predicted octanol–water partition coefficient (Wildman–Crippen LogP) is 4.07. The van der Waals surface area contributed by atoms with Gasteiger partial charge in [0.1, 0.15) is 0 Å². The summed E-state index contributed by atoms with van der Waals surface area (Å²) >= 11 is 4.92. The monoisotopic (exact) mass is 436 g/mol. The van der Waals surface area contributed by atoms with Gasteiger partial charge in [-0.2, -0.15) is 0 Å². The Morgan fingerprint density at radius 2 is 2.00 bits per heavy atom. The number of aromatic carboxylic acids is 1. The molecule has 136 valence electrons. The summed E-state index contributed by atoms with van der Waals surface area (Å²) in [6.07, 6.45) is 3.50. The van der Waals surface area contributed by atoms with Crippen LogP contribution in [0.5, 0.6) is 0 Å². The molecular formula is C18H17BrN2O4S. The zero-order chi connectivity index (χ0) is 18.5. The zero-order valence-corrected chi connectivity index (χ0v) is 16.2. The van der Waals surface area contributed by atoms with Gasteiger partial charge in [-0.1, -0.05) is 15.9 Å². The SMILES string of the molecule is O=C(Nc1ccc(Br)cc1C(=O)O)c1ccc(SC2CCOCC2)nc1. The lowest BCUT2D eigenvalue weighted by Gasteiger charge is -2.20. The topological polar surface area (TPSA) is 88.5 Å². The number of anilines is 1. The molecule has 6 nitrogen and oxygen atoms in total. The molecule has 2 aromatic rings. The van der Waals surface area contributed by atoms with Crippen LogP contribution in [0.3, 0.4) is 0 Å². The van der Waals surface area contributed by atoms with Gasteiger partial charge in [0.05, 0.1) is 21.8 Å². The van der Waals surface area contributed by atoms with E-state index in [0.717, 1.165) is 31.1 Å². The number of carbonyl (C=O) groups is 2. The molecule has 2 heterocycles. The molecule has 0 aliphatic carbocycles. The molecule has 0 spiro atoms. The number of nitrogens with zero attached hydrogens (tertiary/aromatic N) is 1. The molecule has 1 aliphatic heterocycles. The maximum Gasteiger partial charge on any atom is 0.337 e. The number of carboxylic acids is 1. The highest BCUT2D eigenvalue weighted by molar-refractivity contribution is 9.10. The number of hydrogen-bond donors (Lipinski definition) is 2. The van der Waals surface area contributed by atoms with Crippen LogP contribution < -0.4 is 5.32 Å². The highest BCUT2D eigenvalue weighted by Gasteiger charge is 2.17. The van der Waals surface area contributed by atoms with E-state index in [2.05, 4.69) is 26.2 Å². The fraction of sp³-hybridized carbons (Fsp3) is 0.278. The first kappa shape index (κ1) is 18.9. The molecule has 1 aromatic heterocycles. The number of carboxylic acid groups (broad SMARTS) is 1. The summed E-state index contributed by atoms with van der Waals surface area (Å²) in [5.41, 5.74) is 0.638. The number of benzene rings is 1. The van der Waals surface area contributed by atoms with E-state index >= 15 is 0 Å². The molecule has 2 N–H and O–H groups in total. The number of halogens is 1. The minimum absolute atomic E-state index is 0.0207. The van der Waals surface area contributed by atoms with Crippen LogP contribution in [0.1, 0.15) is 33.6 Å². The van der Waals surface area contributed by atoms with Crippen LogP contribution in [-0.4, -0.2) is 40.4 Å². The Labute approximate surface area is 163 Å². The molecule has 0 radical (unpaired) electrons. The van der Waals surface area contributed by atoms with E-state index in [1.54, 1.807) is 30.0 Å². The summed E-state index contributed by atoms with van der Waals surface area (Å²) in [6, 6.07) is 8.18. The fourth-order valence-electron chi connectivity index (χ4n) is 2.55. The van der Waals surface area contributed by atoms with Crippen molar-refractivity contribution in [1.82, 2.24) is 4.98 Å². The number of ether oxygens (including phenoxy) is 1. The molecular weight excluding hydrogens is 420 g/mol. The van der Waals surface area contributed by atoms with E-state index in [1.165, 1.54) is 12.3 Å². The zero-order valence-electron chi connectivity index (χ0n) is 13.8. The number of amides is 1. The molecule has 8 heteroatoms. The number of aromatic nitrogens is 1. The average Bonchev–Trinajstić information content (AvgIpc) is 2.64. The quantitative estimate of drug-likeness (QED) is 0.734. The maximum atomic E-state index is 12.4. The Balaban J connectivity index is 1.67. The van der Waals surface area contributed by atoms with Crippen LogP contribution in [0.4, 0.5) is 5.69 Å². The molecule has 0 atom stereocenters. The number of nitrogens with one attached hydrogen (secondary N) is 1. The second-order valence-electron chi connectivity index (χ2n) is 5.76. The van der Waals surface area contributed by atoms with Crippen molar-refractivity contribution in [1.29, 1.82) is 0 Å². The number of carbonyl (C=O) groups excluding carboxylic acids is 1. The Hall–Kier alpha value is -1.90. The Morgan fingerprint density at radius 3 is 2.65 bits per heavy atom. The van der Waals surface area contributed by atoms with Crippen molar-refractivity contribution in [2.75, 3.05) is 18.5 Å². The first-order chi connectivity index (χ1) is 12.5. The lowest BCUT2D eigenvalue weighted by molar-refractivity contribution is 0.0698. The predicted molar refractivity (Wildman–Crippen MR) is 103 cm³/mol. The normalized spacial score (nSPS) is 14.8. The van der Waals surface area contributed by atoms with Crippen molar-refractivity contribution in [3.8, 4) is 0 Å². The third-order valence-electron chi connectivity index (χ3n) is 3.91. The van der Waals surface area contributed by atoms with Crippen molar-refractivity contribution >= 4 is 45.3 Å². The van der Waals surface area contributed by atoms with E-state index in [9.17, 15) is 14.7 Å². The minimum atomic E-state index is -1.11. The number of thioether (sulfide) groups is 1. The first-order valence-corrected chi connectivity index (χ1v) is 9.75. The van der Waals surface area contributed by atoms with Crippen LogP contribution in [-0.2, 0) is 4.74 Å². The number of rotatable bonds is 5. The molecule has 1 fully saturated rings. The van der Waals surface area contributed by atoms with Gasteiger partial charge in [-0.15, -0.1) is 11.8 Å². The third-order valence-corrected chi connectivity index (χ3v) is 5.70. The summed E-state index contributed by atoms with van der Waals surface area (Å²) in [4.78, 5) is 28.1. The summed E-state index contributed by atoms with van der Waals surface area (Å²) < 4.78 is 5.98. The van der Waals surface area contributed by atoms with Crippen LogP contribution in [0.2, 0.25) is 0 Å². The Kier molecular flexibility index (Phi) is 6.29. The summed E-state index contributed by atoms with van der Waals surface area (Å²) in [6.45, 7) is 1.55. The van der Waals surface area contributed by atoms with Crippen LogP contribution >= 0.6 is 27.7 Å². The average molecular weight is 437 g/mol. The van der Waals surface area contributed by atoms with Crippen molar-refractivity contribution in [3.63, 3.8) is 0 Å². The lowest BCUT2D eigenvalue weighted by Crippen LogP contribution is -2.17. The molecule has 0 unspecified atom stereocenters. The van der Waals surface area contributed by atoms with E-state index in [1.807, 2.05) is 6.07 Å². The van der Waals surface area contributed by atoms with Crippen LogP contribution in [0.25, 0.3) is 0 Å². The van der Waals surface area contributed by atoms with Gasteiger partial charge in [0, 0.05) is 29.1 Å². The third kappa shape index (κ3) is 4.84. The molecule has 1 aliphatic rings. The highest BCUT2D eigenvalue weighted by Crippen LogP contribution is 2.28. The summed E-state index contributed by atoms with van der Waals surface area (Å²) in [5.74, 6) is -1.51. The molecule has 1 aromatic carbocycles. The molecule has 26 heavy (non-hydrogen) atoms. The molecule has 0 saturated carbocycles. The fourth-order valence-corrected chi connectivity index (χ4v) is 3.94. The molecule has 0 bridgehead atoms. The maximum absolute atomic E-state index is 12.4. The van der Waals surface area contributed by atoms with Gasteiger partial charge in [0.15, 0.2) is 0 Å². The standard InChI is InChI=1S/C18H17BrN2O4S/c19-12-2-3-15(14(9-12)18(23)24)21-17(22)11-1-4-16(20-10-11)26-13-5-7-25-8-6-13/h1-4,9-10,13H,5-8H2,(H,21,22)(H,23,24). The molecule has 1 saturated heterocycles. The van der Waals surface area contributed by atoms with Gasteiger partial charge < -0.3 is 15.2 Å². The van der Waals surface area contributed by atoms with E-state index in [4.69, 9.17) is 4.74 Å². The van der Waals surface area contributed by atoms with Gasteiger partial charge in [0.2, 0.25) is 0 Å². The number of pyridine rings is 1. The van der Waals surface area contributed by atoms with Crippen molar-refractivity contribution in [3.05, 3.63) is 52.1 Å². The minimum Gasteiger partial charge on any atom is -0.478 e. The molecule has 3 rings (SSSR count). The number of hydrogen-bond acceptors (Lipinski definition) is 5. The second kappa shape index (κ2) is 8.66. The van der Waals surface area contributed by atoms with E-state index < -0.39 is 11.9 Å². The van der Waals surface area contributed by atoms with Crippen molar-refractivity contribution in [2.24, 2.45) is 0 Å². The van der Waals surface area contributed by atoms with Gasteiger partial charge in [-0.25, -0.2) is 9.78 Å². The van der Waals surface area contributed by atoms with Crippen molar-refractivity contribution in [2.45, 2.75) is 23.1 Å².